The van der Waals surface area contributed by atoms with Crippen LogP contribution < -0.4 is 20.7 Å². The molecule has 3 N–H and O–H groups in total. The van der Waals surface area contributed by atoms with Crippen molar-refractivity contribution < 1.29 is 22.7 Å². The maximum atomic E-state index is 12.4. The van der Waals surface area contributed by atoms with Crippen LogP contribution in [0.1, 0.15) is 18.4 Å². The van der Waals surface area contributed by atoms with Gasteiger partial charge in [-0.1, -0.05) is 18.2 Å². The Bertz CT molecular complexity index is 882. The van der Waals surface area contributed by atoms with Crippen LogP contribution in [0.3, 0.4) is 0 Å². The molecule has 154 valence electrons. The molecule has 2 aromatic carbocycles. The number of nitrogens with zero attached hydrogens (tertiary/aromatic N) is 2. The second kappa shape index (κ2) is 8.85. The molecule has 0 fully saturated rings. The zero-order chi connectivity index (χ0) is 20.9. The van der Waals surface area contributed by atoms with Crippen molar-refractivity contribution >= 4 is 23.2 Å². The van der Waals surface area contributed by atoms with Gasteiger partial charge >= 0.3 is 6.36 Å². The first-order valence-electron chi connectivity index (χ1n) is 9.13. The molecule has 3 rings (SSSR count). The number of halogens is 3. The molecule has 1 amide bonds. The van der Waals surface area contributed by atoms with Gasteiger partial charge < -0.3 is 20.7 Å². The number of carbonyl (C=O) groups excluding carboxylic acids is 1. The molecule has 29 heavy (non-hydrogen) atoms. The number of anilines is 2. The fourth-order valence-corrected chi connectivity index (χ4v) is 3.09. The Morgan fingerprint density at radius 1 is 1.17 bits per heavy atom. The molecule has 0 unspecified atom stereocenters. The molecule has 0 aromatic heterocycles. The molecule has 0 radical (unpaired) electrons. The van der Waals surface area contributed by atoms with Gasteiger partial charge in [0.15, 0.2) is 5.96 Å². The molecule has 9 heteroatoms. The Morgan fingerprint density at radius 3 is 2.62 bits per heavy atom. The SMILES string of the molecule is NC(=NCCCC(=O)N1CCc2ccccc21)Nc1ccc(OC(F)(F)F)cc1. The summed E-state index contributed by atoms with van der Waals surface area (Å²) in [5, 5.41) is 2.78. The van der Waals surface area contributed by atoms with Gasteiger partial charge in [0.05, 0.1) is 0 Å². The first kappa shape index (κ1) is 20.5. The molecule has 0 saturated carbocycles. The van der Waals surface area contributed by atoms with Crippen LogP contribution >= 0.6 is 0 Å². The van der Waals surface area contributed by atoms with Crippen LogP contribution in [-0.2, 0) is 11.2 Å². The number of ether oxygens (including phenoxy) is 1. The number of guanidine groups is 1. The van der Waals surface area contributed by atoms with E-state index in [1.54, 1.807) is 4.90 Å². The maximum Gasteiger partial charge on any atom is 0.573 e. The van der Waals surface area contributed by atoms with Gasteiger partial charge in [0.2, 0.25) is 5.91 Å². The topological polar surface area (TPSA) is 80.0 Å². The summed E-state index contributed by atoms with van der Waals surface area (Å²) >= 11 is 0. The summed E-state index contributed by atoms with van der Waals surface area (Å²) in [6.07, 6.45) is -2.97. The molecule has 0 bridgehead atoms. The lowest BCUT2D eigenvalue weighted by Crippen LogP contribution is -2.28. The fraction of sp³-hybridized carbons (Fsp3) is 0.300. The zero-order valence-corrected chi connectivity index (χ0v) is 15.6. The first-order chi connectivity index (χ1) is 13.8. The summed E-state index contributed by atoms with van der Waals surface area (Å²) in [6, 6.07) is 13.0. The highest BCUT2D eigenvalue weighted by Gasteiger charge is 2.31. The van der Waals surface area contributed by atoms with Gasteiger partial charge in [-0.25, -0.2) is 0 Å². The van der Waals surface area contributed by atoms with E-state index < -0.39 is 6.36 Å². The summed E-state index contributed by atoms with van der Waals surface area (Å²) in [7, 11) is 0. The second-order valence-corrected chi connectivity index (χ2v) is 6.49. The number of fused-ring (bicyclic) bond motifs is 1. The second-order valence-electron chi connectivity index (χ2n) is 6.49. The van der Waals surface area contributed by atoms with E-state index in [2.05, 4.69) is 15.0 Å². The van der Waals surface area contributed by atoms with Crippen molar-refractivity contribution in [3.63, 3.8) is 0 Å². The third-order valence-electron chi connectivity index (χ3n) is 4.38. The summed E-state index contributed by atoms with van der Waals surface area (Å²) in [5.41, 5.74) is 8.41. The number of nitrogens with one attached hydrogen (secondary N) is 1. The third-order valence-corrected chi connectivity index (χ3v) is 4.38. The third kappa shape index (κ3) is 5.87. The van der Waals surface area contributed by atoms with Crippen LogP contribution in [0, 0.1) is 0 Å². The van der Waals surface area contributed by atoms with Crippen LogP contribution in [0.5, 0.6) is 5.75 Å². The summed E-state index contributed by atoms with van der Waals surface area (Å²) in [5.74, 6) is -0.147. The highest BCUT2D eigenvalue weighted by Crippen LogP contribution is 2.28. The lowest BCUT2D eigenvalue weighted by Gasteiger charge is -2.17. The fourth-order valence-electron chi connectivity index (χ4n) is 3.09. The van der Waals surface area contributed by atoms with Crippen molar-refractivity contribution in [3.8, 4) is 5.75 Å². The number of hydrogen-bond acceptors (Lipinski definition) is 3. The number of amides is 1. The van der Waals surface area contributed by atoms with Crippen molar-refractivity contribution in [2.45, 2.75) is 25.6 Å². The van der Waals surface area contributed by atoms with E-state index in [-0.39, 0.29) is 17.6 Å². The molecule has 1 aliphatic heterocycles. The number of aliphatic imine (C=N–C) groups is 1. The van der Waals surface area contributed by atoms with Gasteiger partial charge in [-0.2, -0.15) is 0 Å². The number of rotatable bonds is 6. The standard InChI is InChI=1S/C20H21F3N4O2/c21-20(22,23)29-16-9-7-15(8-10-16)26-19(24)25-12-3-6-18(28)27-13-11-14-4-1-2-5-17(14)27/h1-2,4-5,7-10H,3,6,11-13H2,(H3,24,25,26). The molecule has 0 aliphatic carbocycles. The zero-order valence-electron chi connectivity index (χ0n) is 15.6. The molecule has 1 aliphatic rings. The van der Waals surface area contributed by atoms with Crippen molar-refractivity contribution in [1.29, 1.82) is 0 Å². The Balaban J connectivity index is 1.43. The average Bonchev–Trinajstić information content (AvgIpc) is 3.10. The van der Waals surface area contributed by atoms with Crippen molar-refractivity contribution in [2.75, 3.05) is 23.3 Å². The lowest BCUT2D eigenvalue weighted by molar-refractivity contribution is -0.274. The van der Waals surface area contributed by atoms with Gasteiger partial charge in [-0.3, -0.25) is 9.79 Å². The van der Waals surface area contributed by atoms with E-state index in [4.69, 9.17) is 5.73 Å². The summed E-state index contributed by atoms with van der Waals surface area (Å²) < 4.78 is 40.3. The highest BCUT2D eigenvalue weighted by atomic mass is 19.4. The van der Waals surface area contributed by atoms with Crippen LogP contribution in [0.25, 0.3) is 0 Å². The van der Waals surface area contributed by atoms with Gasteiger partial charge in [0.25, 0.3) is 0 Å². The highest BCUT2D eigenvalue weighted by molar-refractivity contribution is 5.95. The number of carbonyl (C=O) groups is 1. The Labute approximate surface area is 166 Å². The van der Waals surface area contributed by atoms with E-state index in [1.807, 2.05) is 24.3 Å². The monoisotopic (exact) mass is 406 g/mol. The molecule has 0 saturated heterocycles. The molecule has 2 aromatic rings. The predicted octanol–water partition coefficient (Wildman–Crippen LogP) is 3.68. The summed E-state index contributed by atoms with van der Waals surface area (Å²) in [6.45, 7) is 1.05. The minimum atomic E-state index is -4.73. The molecule has 0 spiro atoms. The Kier molecular flexibility index (Phi) is 6.26. The number of nitrogens with two attached hydrogens (primary N) is 1. The van der Waals surface area contributed by atoms with E-state index in [9.17, 15) is 18.0 Å². The van der Waals surface area contributed by atoms with E-state index in [0.717, 1.165) is 12.1 Å². The van der Waals surface area contributed by atoms with Gasteiger partial charge in [0, 0.05) is 30.9 Å². The van der Waals surface area contributed by atoms with Gasteiger partial charge in [-0.15, -0.1) is 13.2 Å². The van der Waals surface area contributed by atoms with Crippen molar-refractivity contribution in [1.82, 2.24) is 0 Å². The number of para-hydroxylation sites is 1. The minimum Gasteiger partial charge on any atom is -0.406 e. The van der Waals surface area contributed by atoms with Crippen LogP contribution in [-0.4, -0.2) is 31.3 Å². The normalized spacial score (nSPS) is 13.9. The quantitative estimate of drug-likeness (QED) is 0.436. The smallest absolute Gasteiger partial charge is 0.406 e. The van der Waals surface area contributed by atoms with E-state index in [0.29, 0.717) is 31.6 Å². The lowest BCUT2D eigenvalue weighted by atomic mass is 10.2. The Hall–Kier alpha value is -3.23. The number of benzene rings is 2. The maximum absolute atomic E-state index is 12.4. The molecule has 1 heterocycles. The van der Waals surface area contributed by atoms with Crippen molar-refractivity contribution in [2.24, 2.45) is 10.7 Å². The van der Waals surface area contributed by atoms with Crippen LogP contribution in [0.2, 0.25) is 0 Å². The largest absolute Gasteiger partial charge is 0.573 e. The molecule has 6 nitrogen and oxygen atoms in total. The van der Waals surface area contributed by atoms with E-state index >= 15 is 0 Å². The van der Waals surface area contributed by atoms with Crippen LogP contribution in [0.4, 0.5) is 24.5 Å². The molecule has 0 atom stereocenters. The average molecular weight is 406 g/mol. The van der Waals surface area contributed by atoms with Crippen LogP contribution in [0.15, 0.2) is 53.5 Å². The van der Waals surface area contributed by atoms with Gasteiger partial charge in [-0.05, 0) is 48.7 Å². The van der Waals surface area contributed by atoms with Gasteiger partial charge in [0.1, 0.15) is 5.75 Å². The molecular weight excluding hydrogens is 385 g/mol. The minimum absolute atomic E-state index is 0.0527. The van der Waals surface area contributed by atoms with E-state index in [1.165, 1.54) is 29.8 Å². The Morgan fingerprint density at radius 2 is 1.90 bits per heavy atom. The first-order valence-corrected chi connectivity index (χ1v) is 9.13. The number of hydrogen-bond donors (Lipinski definition) is 2. The summed E-state index contributed by atoms with van der Waals surface area (Å²) in [4.78, 5) is 18.4. The van der Waals surface area contributed by atoms with Crippen molar-refractivity contribution in [3.05, 3.63) is 54.1 Å². The predicted molar refractivity (Wildman–Crippen MR) is 105 cm³/mol. The molecular formula is C20H21F3N4O2. The number of alkyl halides is 3.